The van der Waals surface area contributed by atoms with Gasteiger partial charge in [0.25, 0.3) is 0 Å². The summed E-state index contributed by atoms with van der Waals surface area (Å²) in [5, 5.41) is 0.651. The summed E-state index contributed by atoms with van der Waals surface area (Å²) in [6.07, 6.45) is 2.57. The first-order valence-corrected chi connectivity index (χ1v) is 9.01. The van der Waals surface area contributed by atoms with E-state index in [1.54, 1.807) is 6.07 Å². The molecule has 1 aliphatic heterocycles. The molecule has 23 heavy (non-hydrogen) atoms. The number of methoxy groups -OCH3 is 1. The summed E-state index contributed by atoms with van der Waals surface area (Å²) in [6.45, 7) is 2.84. The van der Waals surface area contributed by atoms with Crippen LogP contribution >= 0.6 is 0 Å². The fraction of sp³-hybridized carbons (Fsp3) is 0.429. The SMILES string of the molecule is COc1nc(N2CCOCC2)cc2ncc(NS(C)(=O)=O)cc12. The van der Waals surface area contributed by atoms with Crippen LogP contribution in [0.25, 0.3) is 10.9 Å². The van der Waals surface area contributed by atoms with Crippen molar-refractivity contribution in [1.29, 1.82) is 0 Å². The Bertz CT molecular complexity index is 819. The molecule has 0 aromatic carbocycles. The number of sulfonamides is 1. The Kier molecular flexibility index (Phi) is 4.22. The maximum atomic E-state index is 11.3. The van der Waals surface area contributed by atoms with E-state index in [4.69, 9.17) is 9.47 Å². The number of rotatable bonds is 4. The lowest BCUT2D eigenvalue weighted by Gasteiger charge is -2.28. The topological polar surface area (TPSA) is 93.7 Å². The van der Waals surface area contributed by atoms with Gasteiger partial charge in [0.1, 0.15) is 5.82 Å². The zero-order chi connectivity index (χ0) is 16.4. The molecule has 3 rings (SSSR count). The van der Waals surface area contributed by atoms with E-state index in [1.165, 1.54) is 13.3 Å². The second-order valence-electron chi connectivity index (χ2n) is 5.25. The van der Waals surface area contributed by atoms with Crippen LogP contribution in [0.3, 0.4) is 0 Å². The minimum atomic E-state index is -3.36. The molecule has 0 unspecified atom stereocenters. The van der Waals surface area contributed by atoms with Crippen LogP contribution in [-0.4, -0.2) is 58.1 Å². The lowest BCUT2D eigenvalue weighted by Crippen LogP contribution is -2.36. The van der Waals surface area contributed by atoms with E-state index < -0.39 is 10.0 Å². The first-order valence-electron chi connectivity index (χ1n) is 7.11. The maximum Gasteiger partial charge on any atom is 0.229 e. The van der Waals surface area contributed by atoms with Gasteiger partial charge in [-0.15, -0.1) is 0 Å². The van der Waals surface area contributed by atoms with E-state index in [-0.39, 0.29) is 0 Å². The van der Waals surface area contributed by atoms with Crippen molar-refractivity contribution in [2.45, 2.75) is 0 Å². The van der Waals surface area contributed by atoms with Crippen LogP contribution in [0.2, 0.25) is 0 Å². The molecule has 124 valence electrons. The highest BCUT2D eigenvalue weighted by atomic mass is 32.2. The van der Waals surface area contributed by atoms with Crippen molar-refractivity contribution in [3.63, 3.8) is 0 Å². The molecule has 0 bridgehead atoms. The highest BCUT2D eigenvalue weighted by molar-refractivity contribution is 7.92. The van der Waals surface area contributed by atoms with E-state index >= 15 is 0 Å². The average molecular weight is 338 g/mol. The predicted octanol–water partition coefficient (Wildman–Crippen LogP) is 0.846. The van der Waals surface area contributed by atoms with Crippen molar-refractivity contribution in [1.82, 2.24) is 9.97 Å². The van der Waals surface area contributed by atoms with Crippen LogP contribution in [0.5, 0.6) is 5.88 Å². The van der Waals surface area contributed by atoms with Crippen LogP contribution in [0.15, 0.2) is 18.3 Å². The van der Waals surface area contributed by atoms with Crippen molar-refractivity contribution in [3.05, 3.63) is 18.3 Å². The molecule has 3 heterocycles. The summed E-state index contributed by atoms with van der Waals surface area (Å²) in [7, 11) is -1.83. The third kappa shape index (κ3) is 3.62. The lowest BCUT2D eigenvalue weighted by atomic mass is 10.2. The minimum Gasteiger partial charge on any atom is -0.480 e. The quantitative estimate of drug-likeness (QED) is 0.883. The Morgan fingerprint density at radius 3 is 2.70 bits per heavy atom. The molecule has 0 radical (unpaired) electrons. The van der Waals surface area contributed by atoms with Gasteiger partial charge in [0.15, 0.2) is 0 Å². The lowest BCUT2D eigenvalue weighted by molar-refractivity contribution is 0.122. The number of fused-ring (bicyclic) bond motifs is 1. The molecule has 0 spiro atoms. The van der Waals surface area contributed by atoms with Gasteiger partial charge in [-0.05, 0) is 6.07 Å². The molecule has 0 aliphatic carbocycles. The number of nitrogens with zero attached hydrogens (tertiary/aromatic N) is 3. The van der Waals surface area contributed by atoms with Gasteiger partial charge in [-0.25, -0.2) is 8.42 Å². The highest BCUT2D eigenvalue weighted by Crippen LogP contribution is 2.29. The van der Waals surface area contributed by atoms with Gasteiger partial charge >= 0.3 is 0 Å². The van der Waals surface area contributed by atoms with Crippen molar-refractivity contribution in [2.24, 2.45) is 0 Å². The van der Waals surface area contributed by atoms with Gasteiger partial charge in [0.2, 0.25) is 15.9 Å². The molecule has 0 amide bonds. The smallest absolute Gasteiger partial charge is 0.229 e. The number of morpholine rings is 1. The molecule has 1 aliphatic rings. The molecule has 9 heteroatoms. The standard InChI is InChI=1S/C14H18N4O4S/c1-21-14-11-7-10(17-23(2,19)20)9-15-12(11)8-13(16-14)18-3-5-22-6-4-18/h7-9,17H,3-6H2,1-2H3. The molecule has 2 aromatic heterocycles. The van der Waals surface area contributed by atoms with Gasteiger partial charge in [-0.3, -0.25) is 9.71 Å². The Balaban J connectivity index is 2.03. The van der Waals surface area contributed by atoms with Gasteiger partial charge < -0.3 is 14.4 Å². The molecular weight excluding hydrogens is 320 g/mol. The zero-order valence-electron chi connectivity index (χ0n) is 12.9. The third-order valence-corrected chi connectivity index (χ3v) is 4.07. The van der Waals surface area contributed by atoms with Crippen molar-refractivity contribution in [3.8, 4) is 5.88 Å². The predicted molar refractivity (Wildman–Crippen MR) is 87.6 cm³/mol. The summed E-state index contributed by atoms with van der Waals surface area (Å²) in [5.74, 6) is 1.18. The summed E-state index contributed by atoms with van der Waals surface area (Å²) in [4.78, 5) is 10.9. The zero-order valence-corrected chi connectivity index (χ0v) is 13.8. The summed E-state index contributed by atoms with van der Waals surface area (Å²) >= 11 is 0. The van der Waals surface area contributed by atoms with E-state index in [2.05, 4.69) is 19.6 Å². The molecule has 0 saturated carbocycles. The van der Waals surface area contributed by atoms with Crippen LogP contribution in [-0.2, 0) is 14.8 Å². The number of nitrogens with one attached hydrogen (secondary N) is 1. The monoisotopic (exact) mass is 338 g/mol. The Morgan fingerprint density at radius 1 is 1.30 bits per heavy atom. The largest absolute Gasteiger partial charge is 0.480 e. The number of hydrogen-bond donors (Lipinski definition) is 1. The number of anilines is 2. The Morgan fingerprint density at radius 2 is 2.04 bits per heavy atom. The molecule has 1 N–H and O–H groups in total. The minimum absolute atomic E-state index is 0.374. The molecule has 8 nitrogen and oxygen atoms in total. The number of pyridine rings is 2. The average Bonchev–Trinajstić information content (AvgIpc) is 2.53. The number of aromatic nitrogens is 2. The van der Waals surface area contributed by atoms with E-state index in [0.717, 1.165) is 25.2 Å². The summed E-state index contributed by atoms with van der Waals surface area (Å²) < 4.78 is 35.8. The second kappa shape index (κ2) is 6.17. The van der Waals surface area contributed by atoms with Crippen LogP contribution < -0.4 is 14.4 Å². The van der Waals surface area contributed by atoms with Crippen LogP contribution in [0.4, 0.5) is 11.5 Å². The van der Waals surface area contributed by atoms with Crippen LogP contribution in [0, 0.1) is 0 Å². The third-order valence-electron chi connectivity index (χ3n) is 3.46. The maximum absolute atomic E-state index is 11.3. The van der Waals surface area contributed by atoms with E-state index in [1.807, 2.05) is 6.07 Å². The highest BCUT2D eigenvalue weighted by Gasteiger charge is 2.16. The van der Waals surface area contributed by atoms with E-state index in [0.29, 0.717) is 35.7 Å². The van der Waals surface area contributed by atoms with Gasteiger partial charge in [-0.2, -0.15) is 4.98 Å². The first kappa shape index (κ1) is 15.8. The summed E-state index contributed by atoms with van der Waals surface area (Å²) in [5.41, 5.74) is 1.07. The van der Waals surface area contributed by atoms with Crippen molar-refractivity contribution < 1.29 is 17.9 Å². The normalized spacial score (nSPS) is 15.7. The fourth-order valence-electron chi connectivity index (χ4n) is 2.46. The molecule has 2 aromatic rings. The van der Waals surface area contributed by atoms with Crippen molar-refractivity contribution >= 4 is 32.4 Å². The Labute approximate surface area is 134 Å². The molecule has 0 atom stereocenters. The first-order chi connectivity index (χ1) is 11.0. The van der Waals surface area contributed by atoms with Gasteiger partial charge in [-0.1, -0.05) is 0 Å². The van der Waals surface area contributed by atoms with Gasteiger partial charge in [0, 0.05) is 19.2 Å². The van der Waals surface area contributed by atoms with Gasteiger partial charge in [0.05, 0.1) is 49.4 Å². The Hall–Kier alpha value is -2.13. The number of hydrogen-bond acceptors (Lipinski definition) is 7. The second-order valence-corrected chi connectivity index (χ2v) is 7.00. The fourth-order valence-corrected chi connectivity index (χ4v) is 3.00. The van der Waals surface area contributed by atoms with E-state index in [9.17, 15) is 8.42 Å². The molecular formula is C14H18N4O4S. The number of ether oxygens (including phenoxy) is 2. The molecule has 1 saturated heterocycles. The molecule has 1 fully saturated rings. The van der Waals surface area contributed by atoms with Crippen LogP contribution in [0.1, 0.15) is 0 Å². The van der Waals surface area contributed by atoms with Crippen molar-refractivity contribution in [2.75, 3.05) is 49.3 Å². The summed E-state index contributed by atoms with van der Waals surface area (Å²) in [6, 6.07) is 3.53.